The van der Waals surface area contributed by atoms with E-state index < -0.39 is 6.10 Å². The van der Waals surface area contributed by atoms with Gasteiger partial charge in [0.15, 0.2) is 5.01 Å². The molecule has 1 aliphatic heterocycles. The fourth-order valence-corrected chi connectivity index (χ4v) is 4.82. The maximum atomic E-state index is 13.1. The Bertz CT molecular complexity index is 1110. The monoisotopic (exact) mass is 456 g/mol. The van der Waals surface area contributed by atoms with Crippen molar-refractivity contribution in [1.82, 2.24) is 19.7 Å². The number of carbonyl (C=O) groups is 1. The first kappa shape index (κ1) is 22.4. The molecule has 1 aromatic carbocycles. The summed E-state index contributed by atoms with van der Waals surface area (Å²) in [5, 5.41) is 23.7. The normalized spacial score (nSPS) is 13.8. The molecule has 0 bridgehead atoms. The van der Waals surface area contributed by atoms with E-state index in [9.17, 15) is 15.0 Å². The van der Waals surface area contributed by atoms with Gasteiger partial charge in [-0.3, -0.25) is 9.48 Å². The summed E-state index contributed by atoms with van der Waals surface area (Å²) in [7, 11) is 0. The molecule has 8 nitrogen and oxygen atoms in total. The van der Waals surface area contributed by atoms with Gasteiger partial charge in [0.05, 0.1) is 37.8 Å². The molecule has 3 aromatic rings. The second-order valence-corrected chi connectivity index (χ2v) is 9.30. The van der Waals surface area contributed by atoms with Crippen molar-refractivity contribution in [2.24, 2.45) is 0 Å². The van der Waals surface area contributed by atoms with Gasteiger partial charge in [-0.15, -0.1) is 11.3 Å². The molecule has 1 amide bonds. The van der Waals surface area contributed by atoms with Crippen LogP contribution in [0.5, 0.6) is 5.75 Å². The van der Waals surface area contributed by atoms with Crippen molar-refractivity contribution in [3.05, 3.63) is 40.5 Å². The zero-order valence-corrected chi connectivity index (χ0v) is 19.3. The third kappa shape index (κ3) is 4.55. The Balaban J connectivity index is 1.70. The summed E-state index contributed by atoms with van der Waals surface area (Å²) in [6, 6.07) is 5.90. The van der Waals surface area contributed by atoms with Gasteiger partial charge in [-0.05, 0) is 38.5 Å². The standard InChI is InChI=1S/C23H28N4O4S/c1-14(2)27(7-8-28)23(30)22-25-21-18-10-16(17-11-24-26(13-17)12-15(3)29)4-5-19(18)31-9-6-20(21)32-22/h4-5,10-11,13-15,28-29H,6-9,12H2,1-3H3/t15-/m1/s1. The fraction of sp³-hybridized carbons (Fsp3) is 0.435. The number of amides is 1. The van der Waals surface area contributed by atoms with Crippen LogP contribution in [0, 0.1) is 0 Å². The number of ether oxygens (including phenoxy) is 1. The zero-order valence-electron chi connectivity index (χ0n) is 18.5. The van der Waals surface area contributed by atoms with Crippen molar-refractivity contribution >= 4 is 17.2 Å². The molecule has 4 rings (SSSR count). The molecule has 0 saturated heterocycles. The summed E-state index contributed by atoms with van der Waals surface area (Å²) in [6.07, 6.45) is 3.87. The molecule has 1 aliphatic rings. The number of benzene rings is 1. The molecule has 32 heavy (non-hydrogen) atoms. The lowest BCUT2D eigenvalue weighted by atomic mass is 10.0. The van der Waals surface area contributed by atoms with Gasteiger partial charge in [0.2, 0.25) is 0 Å². The SMILES string of the molecule is CC(C)N(CCO)C(=O)c1nc2c(s1)CCOc1ccc(-c3cnn(C[C@@H](C)O)c3)cc1-2. The molecule has 0 spiro atoms. The lowest BCUT2D eigenvalue weighted by Gasteiger charge is -2.24. The van der Waals surface area contributed by atoms with Crippen molar-refractivity contribution in [1.29, 1.82) is 0 Å². The number of aliphatic hydroxyl groups excluding tert-OH is 2. The molecule has 1 atom stereocenters. The lowest BCUT2D eigenvalue weighted by Crippen LogP contribution is -2.38. The zero-order chi connectivity index (χ0) is 22.8. The third-order valence-corrected chi connectivity index (χ3v) is 6.45. The van der Waals surface area contributed by atoms with Crippen molar-refractivity contribution in [3.63, 3.8) is 0 Å². The van der Waals surface area contributed by atoms with E-state index in [1.54, 1.807) is 22.7 Å². The van der Waals surface area contributed by atoms with Crippen LogP contribution in [0.15, 0.2) is 30.6 Å². The number of hydrogen-bond acceptors (Lipinski definition) is 7. The van der Waals surface area contributed by atoms with E-state index in [-0.39, 0.29) is 25.1 Å². The predicted octanol–water partition coefficient (Wildman–Crippen LogP) is 2.83. The van der Waals surface area contributed by atoms with Crippen LogP contribution in [0.2, 0.25) is 0 Å². The van der Waals surface area contributed by atoms with Crippen molar-refractivity contribution in [3.8, 4) is 28.1 Å². The minimum absolute atomic E-state index is 0.0289. The van der Waals surface area contributed by atoms with Crippen LogP contribution in [0.25, 0.3) is 22.4 Å². The number of aromatic nitrogens is 3. The number of carbonyl (C=O) groups excluding carboxylic acids is 1. The van der Waals surface area contributed by atoms with Crippen LogP contribution in [0.1, 0.15) is 35.5 Å². The van der Waals surface area contributed by atoms with Crippen LogP contribution in [-0.4, -0.2) is 67.7 Å². The van der Waals surface area contributed by atoms with Crippen molar-refractivity contribution in [2.75, 3.05) is 19.8 Å². The topological polar surface area (TPSA) is 101 Å². The minimum atomic E-state index is -0.479. The summed E-state index contributed by atoms with van der Waals surface area (Å²) in [5.74, 6) is 0.578. The van der Waals surface area contributed by atoms with E-state index in [1.165, 1.54) is 11.3 Å². The largest absolute Gasteiger partial charge is 0.493 e. The Labute approximate surface area is 191 Å². The second-order valence-electron chi connectivity index (χ2n) is 8.22. The van der Waals surface area contributed by atoms with Crippen LogP contribution < -0.4 is 4.74 Å². The Morgan fingerprint density at radius 3 is 2.84 bits per heavy atom. The third-order valence-electron chi connectivity index (χ3n) is 5.34. The van der Waals surface area contributed by atoms with Gasteiger partial charge in [-0.2, -0.15) is 5.10 Å². The van der Waals surface area contributed by atoms with Crippen LogP contribution in [-0.2, 0) is 13.0 Å². The molecule has 170 valence electrons. The van der Waals surface area contributed by atoms with Gasteiger partial charge in [0, 0.05) is 41.2 Å². The van der Waals surface area contributed by atoms with Crippen LogP contribution in [0.4, 0.5) is 0 Å². The smallest absolute Gasteiger partial charge is 0.283 e. The van der Waals surface area contributed by atoms with Gasteiger partial charge in [-0.1, -0.05) is 6.07 Å². The van der Waals surface area contributed by atoms with Gasteiger partial charge >= 0.3 is 0 Å². The molecule has 2 N–H and O–H groups in total. The first-order chi connectivity index (χ1) is 15.4. The van der Waals surface area contributed by atoms with E-state index in [0.29, 0.717) is 24.6 Å². The predicted molar refractivity (Wildman–Crippen MR) is 123 cm³/mol. The van der Waals surface area contributed by atoms with Gasteiger partial charge < -0.3 is 19.8 Å². The molecular weight excluding hydrogens is 428 g/mol. The maximum Gasteiger partial charge on any atom is 0.283 e. The maximum absolute atomic E-state index is 13.1. The highest BCUT2D eigenvalue weighted by Gasteiger charge is 2.27. The van der Waals surface area contributed by atoms with Gasteiger partial charge in [0.1, 0.15) is 5.75 Å². The molecule has 0 saturated carbocycles. The Morgan fingerprint density at radius 2 is 2.12 bits per heavy atom. The Kier molecular flexibility index (Phi) is 6.59. The summed E-state index contributed by atoms with van der Waals surface area (Å²) in [6.45, 7) is 6.73. The Hall–Kier alpha value is -2.75. The first-order valence-corrected chi connectivity index (χ1v) is 11.6. The number of rotatable bonds is 7. The quantitative estimate of drug-likeness (QED) is 0.567. The highest BCUT2D eigenvalue weighted by molar-refractivity contribution is 7.14. The van der Waals surface area contributed by atoms with Gasteiger partial charge in [0.25, 0.3) is 5.91 Å². The molecule has 0 unspecified atom stereocenters. The van der Waals surface area contributed by atoms with Gasteiger partial charge in [-0.25, -0.2) is 4.98 Å². The summed E-state index contributed by atoms with van der Waals surface area (Å²) in [4.78, 5) is 20.5. The van der Waals surface area contributed by atoms with Crippen molar-refractivity contribution in [2.45, 2.75) is 45.9 Å². The average Bonchev–Trinajstić information content (AvgIpc) is 3.35. The number of fused-ring (bicyclic) bond motifs is 3. The van der Waals surface area contributed by atoms with Crippen LogP contribution in [0.3, 0.4) is 0 Å². The molecule has 9 heteroatoms. The highest BCUT2D eigenvalue weighted by Crippen LogP contribution is 2.40. The second kappa shape index (κ2) is 9.40. The first-order valence-electron chi connectivity index (χ1n) is 10.8. The molecule has 0 aliphatic carbocycles. The minimum Gasteiger partial charge on any atom is -0.493 e. The Morgan fingerprint density at radius 1 is 1.31 bits per heavy atom. The van der Waals surface area contributed by atoms with E-state index in [4.69, 9.17) is 9.72 Å². The summed E-state index contributed by atoms with van der Waals surface area (Å²) < 4.78 is 7.66. The van der Waals surface area contributed by atoms with Crippen molar-refractivity contribution < 1.29 is 19.7 Å². The van der Waals surface area contributed by atoms with Crippen LogP contribution >= 0.6 is 11.3 Å². The molecular formula is C23H28N4O4S. The summed E-state index contributed by atoms with van der Waals surface area (Å²) in [5.41, 5.74) is 3.52. The molecule has 0 radical (unpaired) electrons. The lowest BCUT2D eigenvalue weighted by molar-refractivity contribution is 0.0665. The molecule has 3 heterocycles. The molecule has 0 fully saturated rings. The number of thiazole rings is 1. The molecule has 2 aromatic heterocycles. The number of hydrogen-bond donors (Lipinski definition) is 2. The van der Waals surface area contributed by atoms with E-state index in [2.05, 4.69) is 5.10 Å². The van der Waals surface area contributed by atoms with E-state index in [1.807, 2.05) is 38.2 Å². The highest BCUT2D eigenvalue weighted by atomic mass is 32.1. The van der Waals surface area contributed by atoms with E-state index >= 15 is 0 Å². The summed E-state index contributed by atoms with van der Waals surface area (Å²) >= 11 is 1.40. The van der Waals surface area contributed by atoms with E-state index in [0.717, 1.165) is 33.0 Å². The number of nitrogens with zero attached hydrogens (tertiary/aromatic N) is 4. The fourth-order valence-electron chi connectivity index (χ4n) is 3.81. The number of aliphatic hydroxyl groups is 2. The average molecular weight is 457 g/mol.